The number of aliphatic hydroxyl groups is 1. The molecule has 1 aromatic rings. The molecule has 3 heterocycles. The number of amidine groups is 1. The van der Waals surface area contributed by atoms with E-state index in [4.69, 9.17) is 10.5 Å². The molecule has 5 nitrogen and oxygen atoms in total. The van der Waals surface area contributed by atoms with E-state index in [1.165, 1.54) is 13.0 Å². The third-order valence-electron chi connectivity index (χ3n) is 5.88. The fraction of sp³-hybridized carbons (Fsp3) is 0.409. The molecule has 1 aromatic carbocycles. The van der Waals surface area contributed by atoms with Crippen molar-refractivity contribution in [3.05, 3.63) is 70.1 Å². The molecule has 3 aliphatic rings. The first-order chi connectivity index (χ1) is 14.3. The highest BCUT2D eigenvalue weighted by Gasteiger charge is 2.39. The maximum atomic E-state index is 13.3. The van der Waals surface area contributed by atoms with Crippen LogP contribution in [0.2, 0.25) is 0 Å². The third-order valence-corrected chi connectivity index (χ3v) is 5.88. The van der Waals surface area contributed by atoms with Gasteiger partial charge in [0.1, 0.15) is 0 Å². The Hall–Kier alpha value is -2.58. The average molecular weight is 419 g/mol. The van der Waals surface area contributed by atoms with Gasteiger partial charge >= 0.3 is 6.18 Å². The second kappa shape index (κ2) is 7.92. The number of nitrogens with two attached hydrogens (primary N) is 1. The molecule has 0 saturated carbocycles. The first-order valence-corrected chi connectivity index (χ1v) is 9.88. The average Bonchev–Trinajstić information content (AvgIpc) is 3.07. The summed E-state index contributed by atoms with van der Waals surface area (Å²) < 4.78 is 45.4. The second-order valence-electron chi connectivity index (χ2n) is 7.71. The number of allylic oxidation sites excluding steroid dienone is 2. The lowest BCUT2D eigenvalue weighted by Crippen LogP contribution is -2.42. The lowest BCUT2D eigenvalue weighted by molar-refractivity contribution is -0.138. The van der Waals surface area contributed by atoms with Gasteiger partial charge in [0.2, 0.25) is 0 Å². The van der Waals surface area contributed by atoms with E-state index in [-0.39, 0.29) is 18.2 Å². The van der Waals surface area contributed by atoms with Crippen LogP contribution in [0, 0.1) is 6.92 Å². The van der Waals surface area contributed by atoms with E-state index in [1.807, 2.05) is 23.3 Å². The van der Waals surface area contributed by atoms with Crippen LogP contribution in [-0.2, 0) is 17.3 Å². The number of nitrogens with zero attached hydrogens (tertiary/aromatic N) is 2. The standard InChI is InChI=1S/C22H24F3N3O2/c1-13-15(3-2-4-17(13)22(23,24)25)10-20-19(12-29)27-21-18(26)9-16(11-28(20)21)14-5-7-30-8-6-14/h2-5,9,11,19-20,29H,6-8,10,12,26H2,1H3. The molecular formula is C22H24F3N3O2. The van der Waals surface area contributed by atoms with E-state index in [0.29, 0.717) is 36.7 Å². The Morgan fingerprint density at radius 2 is 2.13 bits per heavy atom. The summed E-state index contributed by atoms with van der Waals surface area (Å²) in [6.45, 7) is 2.44. The molecule has 2 unspecified atom stereocenters. The topological polar surface area (TPSA) is 71.1 Å². The van der Waals surface area contributed by atoms with Gasteiger partial charge in [-0.25, -0.2) is 0 Å². The molecule has 3 aliphatic heterocycles. The van der Waals surface area contributed by atoms with Gasteiger partial charge in [0.05, 0.1) is 43.2 Å². The molecule has 4 rings (SSSR count). The number of hydrogen-bond donors (Lipinski definition) is 2. The summed E-state index contributed by atoms with van der Waals surface area (Å²) in [4.78, 5) is 6.46. The fourth-order valence-electron chi connectivity index (χ4n) is 4.25. The molecule has 8 heteroatoms. The van der Waals surface area contributed by atoms with Crippen molar-refractivity contribution >= 4 is 5.84 Å². The zero-order valence-electron chi connectivity index (χ0n) is 16.6. The van der Waals surface area contributed by atoms with Crippen molar-refractivity contribution in [1.82, 2.24) is 4.90 Å². The summed E-state index contributed by atoms with van der Waals surface area (Å²) in [5, 5.41) is 9.89. The molecular weight excluding hydrogens is 395 g/mol. The third kappa shape index (κ3) is 3.77. The number of fused-ring (bicyclic) bond motifs is 1. The van der Waals surface area contributed by atoms with Gasteiger partial charge in [-0.1, -0.05) is 18.2 Å². The van der Waals surface area contributed by atoms with E-state index in [0.717, 1.165) is 23.6 Å². The lowest BCUT2D eigenvalue weighted by Gasteiger charge is -2.31. The van der Waals surface area contributed by atoms with Crippen molar-refractivity contribution in [2.45, 2.75) is 38.0 Å². The predicted molar refractivity (Wildman–Crippen MR) is 108 cm³/mol. The molecule has 0 aromatic heterocycles. The van der Waals surface area contributed by atoms with E-state index >= 15 is 0 Å². The molecule has 30 heavy (non-hydrogen) atoms. The smallest absolute Gasteiger partial charge is 0.396 e. The summed E-state index contributed by atoms with van der Waals surface area (Å²) in [5.41, 5.74) is 8.95. The van der Waals surface area contributed by atoms with Crippen molar-refractivity contribution in [1.29, 1.82) is 0 Å². The number of benzene rings is 1. The Labute approximate surface area is 173 Å². The first kappa shape index (κ1) is 20.7. The maximum absolute atomic E-state index is 13.3. The number of alkyl halides is 3. The van der Waals surface area contributed by atoms with Crippen molar-refractivity contribution in [3.63, 3.8) is 0 Å². The van der Waals surface area contributed by atoms with Gasteiger partial charge in [-0.15, -0.1) is 0 Å². The monoisotopic (exact) mass is 419 g/mol. The minimum absolute atomic E-state index is 0.201. The van der Waals surface area contributed by atoms with Crippen molar-refractivity contribution in [3.8, 4) is 0 Å². The van der Waals surface area contributed by atoms with Crippen molar-refractivity contribution in [2.24, 2.45) is 10.7 Å². The molecule has 0 bridgehead atoms. The molecule has 0 fully saturated rings. The van der Waals surface area contributed by atoms with Gasteiger partial charge in [-0.2, -0.15) is 13.2 Å². The minimum Gasteiger partial charge on any atom is -0.396 e. The second-order valence-corrected chi connectivity index (χ2v) is 7.71. The van der Waals surface area contributed by atoms with E-state index in [2.05, 4.69) is 4.99 Å². The molecule has 0 saturated heterocycles. The lowest BCUT2D eigenvalue weighted by atomic mass is 9.92. The largest absolute Gasteiger partial charge is 0.416 e. The molecule has 0 radical (unpaired) electrons. The Balaban J connectivity index is 1.68. The predicted octanol–water partition coefficient (Wildman–Crippen LogP) is 3.09. The summed E-state index contributed by atoms with van der Waals surface area (Å²) in [6, 6.07) is 3.42. The molecule has 2 atom stereocenters. The normalized spacial score (nSPS) is 24.1. The molecule has 0 spiro atoms. The number of hydrogen-bond acceptors (Lipinski definition) is 5. The zero-order chi connectivity index (χ0) is 21.5. The van der Waals surface area contributed by atoms with Gasteiger partial charge in [-0.3, -0.25) is 4.99 Å². The number of aliphatic imine (C=N–C) groups is 1. The van der Waals surface area contributed by atoms with Gasteiger partial charge in [0, 0.05) is 6.20 Å². The Bertz CT molecular complexity index is 963. The van der Waals surface area contributed by atoms with E-state index < -0.39 is 17.8 Å². The van der Waals surface area contributed by atoms with Gasteiger partial charge in [0.25, 0.3) is 0 Å². The fourth-order valence-corrected chi connectivity index (χ4v) is 4.25. The number of halogens is 3. The SMILES string of the molecule is Cc1c(CC2C(CO)N=C3C(N)=CC(C4=CCOCC4)=CN32)cccc1C(F)(F)F. The van der Waals surface area contributed by atoms with Crippen LogP contribution in [-0.4, -0.2) is 47.7 Å². The summed E-state index contributed by atoms with van der Waals surface area (Å²) in [7, 11) is 0. The highest BCUT2D eigenvalue weighted by molar-refractivity contribution is 6.01. The number of aliphatic hydroxyl groups excluding tert-OH is 1. The summed E-state index contributed by atoms with van der Waals surface area (Å²) >= 11 is 0. The van der Waals surface area contributed by atoms with Crippen LogP contribution in [0.5, 0.6) is 0 Å². The Morgan fingerprint density at radius 1 is 1.33 bits per heavy atom. The van der Waals surface area contributed by atoms with Gasteiger partial charge in [0.15, 0.2) is 5.84 Å². The molecule has 0 amide bonds. The number of ether oxygens (including phenoxy) is 1. The van der Waals surface area contributed by atoms with Gasteiger partial charge < -0.3 is 20.5 Å². The van der Waals surface area contributed by atoms with Crippen LogP contribution in [0.1, 0.15) is 23.1 Å². The van der Waals surface area contributed by atoms with E-state index in [1.54, 1.807) is 6.07 Å². The molecule has 3 N–H and O–H groups in total. The van der Waals surface area contributed by atoms with E-state index in [9.17, 15) is 18.3 Å². The Kier molecular flexibility index (Phi) is 5.46. The minimum atomic E-state index is -4.41. The van der Waals surface area contributed by atoms with Crippen LogP contribution < -0.4 is 5.73 Å². The molecule has 160 valence electrons. The van der Waals surface area contributed by atoms with Crippen LogP contribution >= 0.6 is 0 Å². The summed E-state index contributed by atoms with van der Waals surface area (Å²) in [6.07, 6.45) is 2.47. The van der Waals surface area contributed by atoms with Crippen LogP contribution in [0.3, 0.4) is 0 Å². The highest BCUT2D eigenvalue weighted by Crippen LogP contribution is 2.35. The number of rotatable bonds is 4. The van der Waals surface area contributed by atoms with Crippen molar-refractivity contribution in [2.75, 3.05) is 19.8 Å². The maximum Gasteiger partial charge on any atom is 0.416 e. The van der Waals surface area contributed by atoms with Crippen LogP contribution in [0.25, 0.3) is 0 Å². The quantitative estimate of drug-likeness (QED) is 0.787. The summed E-state index contributed by atoms with van der Waals surface area (Å²) in [5.74, 6) is 0.556. The van der Waals surface area contributed by atoms with Gasteiger partial charge in [-0.05, 0) is 54.2 Å². The zero-order valence-corrected chi connectivity index (χ0v) is 16.6. The van der Waals surface area contributed by atoms with Crippen molar-refractivity contribution < 1.29 is 23.0 Å². The Morgan fingerprint density at radius 3 is 2.80 bits per heavy atom. The molecule has 0 aliphatic carbocycles. The van der Waals surface area contributed by atoms with Crippen LogP contribution in [0.4, 0.5) is 13.2 Å². The first-order valence-electron chi connectivity index (χ1n) is 9.88. The highest BCUT2D eigenvalue weighted by atomic mass is 19.4. The van der Waals surface area contributed by atoms with Crippen LogP contribution in [0.15, 0.2) is 58.4 Å².